The first kappa shape index (κ1) is 14.6. The zero-order valence-corrected chi connectivity index (χ0v) is 10.9. The molecule has 0 aliphatic rings. The van der Waals surface area contributed by atoms with Gasteiger partial charge in [0.15, 0.2) is 0 Å². The molecular weight excluding hydrogens is 233 g/mol. The third kappa shape index (κ3) is 4.11. The second-order valence-electron chi connectivity index (χ2n) is 4.97. The highest BCUT2D eigenvalue weighted by Crippen LogP contribution is 2.24. The summed E-state index contributed by atoms with van der Waals surface area (Å²) in [6, 6.07) is 6.59. The van der Waals surface area contributed by atoms with E-state index in [0.717, 1.165) is 0 Å². The average Bonchev–Trinajstić information content (AvgIpc) is 2.34. The number of amides is 1. The number of rotatable bonds is 6. The van der Waals surface area contributed by atoms with E-state index in [1.54, 1.807) is 18.2 Å². The van der Waals surface area contributed by atoms with Gasteiger partial charge in [0.05, 0.1) is 0 Å². The summed E-state index contributed by atoms with van der Waals surface area (Å²) in [6.07, 6.45) is 0.746. The van der Waals surface area contributed by atoms with Crippen LogP contribution in [0.15, 0.2) is 24.3 Å². The fourth-order valence-electron chi connectivity index (χ4n) is 1.75. The van der Waals surface area contributed by atoms with Crippen molar-refractivity contribution in [2.45, 2.75) is 32.1 Å². The third-order valence-corrected chi connectivity index (χ3v) is 2.89. The summed E-state index contributed by atoms with van der Waals surface area (Å²) < 4.78 is 13.7. The summed E-state index contributed by atoms with van der Waals surface area (Å²) in [5.74, 6) is -0.374. The van der Waals surface area contributed by atoms with E-state index in [4.69, 9.17) is 5.11 Å². The van der Waals surface area contributed by atoms with Crippen molar-refractivity contribution in [2.75, 3.05) is 13.2 Å². The number of aliphatic hydroxyl groups excluding tert-OH is 1. The van der Waals surface area contributed by atoms with E-state index in [1.165, 1.54) is 6.07 Å². The summed E-state index contributed by atoms with van der Waals surface area (Å²) in [5.41, 5.74) is 0.132. The number of halogens is 1. The largest absolute Gasteiger partial charge is 0.396 e. The molecule has 0 aliphatic heterocycles. The highest BCUT2D eigenvalue weighted by Gasteiger charge is 2.24. The molecule has 0 bridgehead atoms. The first-order chi connectivity index (χ1) is 8.47. The van der Waals surface area contributed by atoms with Crippen molar-refractivity contribution >= 4 is 5.91 Å². The minimum atomic E-state index is -0.458. The fourth-order valence-corrected chi connectivity index (χ4v) is 1.75. The SMILES string of the molecule is CC(C)(CNC(=O)CCCO)c1ccccc1F. The van der Waals surface area contributed by atoms with Crippen LogP contribution < -0.4 is 5.32 Å². The Balaban J connectivity index is 2.60. The molecule has 0 radical (unpaired) electrons. The standard InChI is InChI=1S/C14H20FNO2/c1-14(2,10-16-13(18)8-5-9-17)11-6-3-4-7-12(11)15/h3-4,6-7,17H,5,8-10H2,1-2H3,(H,16,18). The van der Waals surface area contributed by atoms with Crippen molar-refractivity contribution in [1.82, 2.24) is 5.32 Å². The van der Waals surface area contributed by atoms with Crippen LogP contribution in [0.5, 0.6) is 0 Å². The molecule has 0 aromatic heterocycles. The van der Waals surface area contributed by atoms with Crippen LogP contribution in [0.3, 0.4) is 0 Å². The lowest BCUT2D eigenvalue weighted by Crippen LogP contribution is -2.37. The summed E-state index contributed by atoms with van der Waals surface area (Å²) in [7, 11) is 0. The minimum absolute atomic E-state index is 0.00409. The van der Waals surface area contributed by atoms with Crippen molar-refractivity contribution in [3.8, 4) is 0 Å². The maximum absolute atomic E-state index is 13.7. The van der Waals surface area contributed by atoms with E-state index in [2.05, 4.69) is 5.32 Å². The Morgan fingerprint density at radius 1 is 1.39 bits per heavy atom. The second kappa shape index (κ2) is 6.50. The van der Waals surface area contributed by atoms with Crippen LogP contribution in [0.2, 0.25) is 0 Å². The molecule has 0 spiro atoms. The summed E-state index contributed by atoms with van der Waals surface area (Å²) in [4.78, 5) is 11.4. The van der Waals surface area contributed by atoms with Crippen LogP contribution in [0.4, 0.5) is 4.39 Å². The molecule has 0 aliphatic carbocycles. The smallest absolute Gasteiger partial charge is 0.220 e. The summed E-state index contributed by atoms with van der Waals surface area (Å²) >= 11 is 0. The lowest BCUT2D eigenvalue weighted by atomic mass is 9.84. The maximum Gasteiger partial charge on any atom is 0.220 e. The van der Waals surface area contributed by atoms with Crippen LogP contribution >= 0.6 is 0 Å². The van der Waals surface area contributed by atoms with Crippen molar-refractivity contribution in [3.05, 3.63) is 35.6 Å². The zero-order valence-electron chi connectivity index (χ0n) is 10.9. The minimum Gasteiger partial charge on any atom is -0.396 e. The van der Waals surface area contributed by atoms with Crippen LogP contribution in [0.25, 0.3) is 0 Å². The molecule has 0 atom stereocenters. The van der Waals surface area contributed by atoms with Crippen LogP contribution in [0, 0.1) is 5.82 Å². The summed E-state index contributed by atoms with van der Waals surface area (Å²) in [5, 5.41) is 11.4. The number of hydrogen-bond acceptors (Lipinski definition) is 2. The molecule has 0 unspecified atom stereocenters. The Kier molecular flexibility index (Phi) is 5.28. The van der Waals surface area contributed by atoms with Gasteiger partial charge in [-0.3, -0.25) is 4.79 Å². The topological polar surface area (TPSA) is 49.3 Å². The molecule has 0 fully saturated rings. The Hall–Kier alpha value is -1.42. The van der Waals surface area contributed by atoms with Crippen LogP contribution in [0.1, 0.15) is 32.3 Å². The number of aliphatic hydroxyl groups is 1. The molecule has 1 aromatic carbocycles. The van der Waals surface area contributed by atoms with E-state index >= 15 is 0 Å². The fraction of sp³-hybridized carbons (Fsp3) is 0.500. The lowest BCUT2D eigenvalue weighted by molar-refractivity contribution is -0.121. The molecule has 1 aromatic rings. The predicted octanol–water partition coefficient (Wildman–Crippen LogP) is 1.99. The summed E-state index contributed by atoms with van der Waals surface area (Å²) in [6.45, 7) is 4.15. The first-order valence-electron chi connectivity index (χ1n) is 6.10. The number of benzene rings is 1. The van der Waals surface area contributed by atoms with Crippen molar-refractivity contribution in [1.29, 1.82) is 0 Å². The Morgan fingerprint density at radius 2 is 2.06 bits per heavy atom. The quantitative estimate of drug-likeness (QED) is 0.814. The van der Waals surface area contributed by atoms with Gasteiger partial charge in [-0.25, -0.2) is 4.39 Å². The van der Waals surface area contributed by atoms with E-state index < -0.39 is 5.41 Å². The Morgan fingerprint density at radius 3 is 2.67 bits per heavy atom. The average molecular weight is 253 g/mol. The Bertz CT molecular complexity index is 405. The van der Waals surface area contributed by atoms with Gasteiger partial charge in [0.1, 0.15) is 5.82 Å². The highest BCUT2D eigenvalue weighted by molar-refractivity contribution is 5.75. The molecule has 1 rings (SSSR count). The zero-order chi connectivity index (χ0) is 13.6. The molecule has 2 N–H and O–H groups in total. The van der Waals surface area contributed by atoms with E-state index in [1.807, 2.05) is 13.8 Å². The Labute approximate surface area is 107 Å². The second-order valence-corrected chi connectivity index (χ2v) is 4.97. The van der Waals surface area contributed by atoms with Gasteiger partial charge in [-0.1, -0.05) is 32.0 Å². The van der Waals surface area contributed by atoms with E-state index in [9.17, 15) is 9.18 Å². The number of carbonyl (C=O) groups is 1. The molecule has 0 heterocycles. The van der Waals surface area contributed by atoms with Crippen molar-refractivity contribution in [3.63, 3.8) is 0 Å². The van der Waals surface area contributed by atoms with Gasteiger partial charge in [0, 0.05) is 25.0 Å². The predicted molar refractivity (Wildman–Crippen MR) is 68.8 cm³/mol. The first-order valence-corrected chi connectivity index (χ1v) is 6.10. The molecule has 1 amide bonds. The normalized spacial score (nSPS) is 11.3. The van der Waals surface area contributed by atoms with Gasteiger partial charge in [0.25, 0.3) is 0 Å². The number of nitrogens with one attached hydrogen (secondary N) is 1. The van der Waals surface area contributed by atoms with Gasteiger partial charge >= 0.3 is 0 Å². The van der Waals surface area contributed by atoms with Crippen molar-refractivity contribution < 1.29 is 14.3 Å². The van der Waals surface area contributed by atoms with Gasteiger partial charge in [-0.05, 0) is 18.1 Å². The molecule has 100 valence electrons. The third-order valence-electron chi connectivity index (χ3n) is 2.89. The van der Waals surface area contributed by atoms with E-state index in [0.29, 0.717) is 24.9 Å². The molecule has 0 saturated carbocycles. The van der Waals surface area contributed by atoms with Crippen LogP contribution in [-0.4, -0.2) is 24.2 Å². The van der Waals surface area contributed by atoms with Gasteiger partial charge in [0.2, 0.25) is 5.91 Å². The molecule has 4 heteroatoms. The molecule has 18 heavy (non-hydrogen) atoms. The number of hydrogen-bond donors (Lipinski definition) is 2. The van der Waals surface area contributed by atoms with Gasteiger partial charge < -0.3 is 10.4 Å². The monoisotopic (exact) mass is 253 g/mol. The lowest BCUT2D eigenvalue weighted by Gasteiger charge is -2.26. The van der Waals surface area contributed by atoms with Gasteiger partial charge in [-0.2, -0.15) is 0 Å². The molecular formula is C14H20FNO2. The highest BCUT2D eigenvalue weighted by atomic mass is 19.1. The molecule has 0 saturated heterocycles. The van der Waals surface area contributed by atoms with Gasteiger partial charge in [-0.15, -0.1) is 0 Å². The van der Waals surface area contributed by atoms with E-state index in [-0.39, 0.29) is 18.3 Å². The van der Waals surface area contributed by atoms with Crippen molar-refractivity contribution in [2.24, 2.45) is 0 Å². The number of carbonyl (C=O) groups excluding carboxylic acids is 1. The van der Waals surface area contributed by atoms with Crippen LogP contribution in [-0.2, 0) is 10.2 Å². The maximum atomic E-state index is 13.7. The molecule has 3 nitrogen and oxygen atoms in total.